The highest BCUT2D eigenvalue weighted by molar-refractivity contribution is 6.59. The summed E-state index contributed by atoms with van der Waals surface area (Å²) in [6.45, 7) is 0.0548. The molecule has 0 atom stereocenters. The zero-order valence-corrected chi connectivity index (χ0v) is 8.86. The molecule has 2 N–H and O–H groups in total. The third-order valence-electron chi connectivity index (χ3n) is 1.93. The van der Waals surface area contributed by atoms with E-state index in [1.54, 1.807) is 0 Å². The lowest BCUT2D eigenvalue weighted by Crippen LogP contribution is -2.33. The molecule has 0 saturated carbocycles. The predicted octanol–water partition coefficient (Wildman–Crippen LogP) is 0.411. The molecule has 1 rings (SSSR count). The summed E-state index contributed by atoms with van der Waals surface area (Å²) < 4.78 is 44.3. The zero-order chi connectivity index (χ0) is 13.1. The third-order valence-corrected chi connectivity index (χ3v) is 1.93. The van der Waals surface area contributed by atoms with E-state index >= 15 is 0 Å². The van der Waals surface area contributed by atoms with E-state index in [1.165, 1.54) is 13.2 Å². The highest BCUT2D eigenvalue weighted by atomic mass is 19.4. The summed E-state index contributed by atoms with van der Waals surface area (Å²) in [6.07, 6.45) is -4.82. The zero-order valence-electron chi connectivity index (χ0n) is 8.86. The van der Waals surface area contributed by atoms with Gasteiger partial charge < -0.3 is 19.5 Å². The van der Waals surface area contributed by atoms with Crippen molar-refractivity contribution in [1.82, 2.24) is 0 Å². The molecule has 0 aromatic heterocycles. The second-order valence-corrected chi connectivity index (χ2v) is 3.22. The van der Waals surface area contributed by atoms with Gasteiger partial charge in [-0.2, -0.15) is 0 Å². The fraction of sp³-hybridized carbons (Fsp3) is 0.333. The lowest BCUT2D eigenvalue weighted by Gasteiger charge is -2.13. The van der Waals surface area contributed by atoms with Crippen LogP contribution >= 0.6 is 0 Å². The molecule has 0 heterocycles. The first kappa shape index (κ1) is 13.8. The number of ether oxygens (including phenoxy) is 2. The molecule has 0 radical (unpaired) electrons. The largest absolute Gasteiger partial charge is 0.573 e. The van der Waals surface area contributed by atoms with E-state index in [0.29, 0.717) is 5.56 Å². The summed E-state index contributed by atoms with van der Waals surface area (Å²) in [6, 6.07) is 3.26. The monoisotopic (exact) mass is 250 g/mol. The van der Waals surface area contributed by atoms with Gasteiger partial charge in [0.05, 0.1) is 6.61 Å². The van der Waals surface area contributed by atoms with Gasteiger partial charge in [0.15, 0.2) is 0 Å². The summed E-state index contributed by atoms with van der Waals surface area (Å²) >= 11 is 0. The Morgan fingerprint density at radius 2 is 1.94 bits per heavy atom. The molecular weight excluding hydrogens is 240 g/mol. The lowest BCUT2D eigenvalue weighted by molar-refractivity contribution is -0.274. The molecular formula is C9H10BF3O4. The van der Waals surface area contributed by atoms with Crippen molar-refractivity contribution in [3.63, 3.8) is 0 Å². The molecule has 0 fully saturated rings. The molecule has 1 aromatic rings. The smallest absolute Gasteiger partial charge is 0.423 e. The van der Waals surface area contributed by atoms with E-state index in [0.717, 1.165) is 12.1 Å². The van der Waals surface area contributed by atoms with Crippen LogP contribution < -0.4 is 10.2 Å². The lowest BCUT2D eigenvalue weighted by atomic mass is 9.77. The van der Waals surface area contributed by atoms with Crippen molar-refractivity contribution >= 4 is 12.6 Å². The number of rotatable bonds is 4. The second kappa shape index (κ2) is 5.39. The van der Waals surface area contributed by atoms with E-state index in [4.69, 9.17) is 14.8 Å². The molecule has 4 nitrogen and oxygen atoms in total. The number of alkyl halides is 3. The Morgan fingerprint density at radius 1 is 1.29 bits per heavy atom. The van der Waals surface area contributed by atoms with E-state index < -0.39 is 19.2 Å². The Labute approximate surface area is 95.7 Å². The fourth-order valence-electron chi connectivity index (χ4n) is 1.30. The van der Waals surface area contributed by atoms with Gasteiger partial charge in [-0.15, -0.1) is 13.2 Å². The van der Waals surface area contributed by atoms with Crippen LogP contribution in [-0.4, -0.2) is 30.6 Å². The maximum absolute atomic E-state index is 12.0. The minimum Gasteiger partial charge on any atom is -0.423 e. The Hall–Kier alpha value is -1.25. The van der Waals surface area contributed by atoms with Gasteiger partial charge in [-0.1, -0.05) is 6.07 Å². The van der Waals surface area contributed by atoms with Crippen LogP contribution in [0.4, 0.5) is 13.2 Å². The standard InChI is InChI=1S/C9H10BF3O4/c1-16-5-6-2-3-7(17-9(11,12)13)4-8(6)10(14)15/h2-4,14-15H,5H2,1H3. The highest BCUT2D eigenvalue weighted by Gasteiger charge is 2.31. The summed E-state index contributed by atoms with van der Waals surface area (Å²) in [5, 5.41) is 18.0. The van der Waals surface area contributed by atoms with Crippen LogP contribution in [0.15, 0.2) is 18.2 Å². The van der Waals surface area contributed by atoms with E-state index in [2.05, 4.69) is 4.74 Å². The van der Waals surface area contributed by atoms with Gasteiger partial charge in [0, 0.05) is 7.11 Å². The Kier molecular flexibility index (Phi) is 4.38. The van der Waals surface area contributed by atoms with Crippen LogP contribution in [0.3, 0.4) is 0 Å². The van der Waals surface area contributed by atoms with Crippen molar-refractivity contribution in [3.8, 4) is 5.75 Å². The van der Waals surface area contributed by atoms with Gasteiger partial charge in [0.25, 0.3) is 0 Å². The summed E-state index contributed by atoms with van der Waals surface area (Å²) in [5.41, 5.74) is 0.283. The maximum Gasteiger partial charge on any atom is 0.573 e. The van der Waals surface area contributed by atoms with Crippen LogP contribution in [0.25, 0.3) is 0 Å². The summed E-state index contributed by atoms with van der Waals surface area (Å²) in [7, 11) is -0.509. The van der Waals surface area contributed by atoms with Crippen molar-refractivity contribution in [1.29, 1.82) is 0 Å². The van der Waals surface area contributed by atoms with Crippen molar-refractivity contribution in [2.75, 3.05) is 7.11 Å². The van der Waals surface area contributed by atoms with Crippen molar-refractivity contribution < 1.29 is 32.7 Å². The Morgan fingerprint density at radius 3 is 2.41 bits per heavy atom. The molecule has 0 bridgehead atoms. The molecule has 0 saturated heterocycles. The molecule has 94 valence electrons. The topological polar surface area (TPSA) is 58.9 Å². The maximum atomic E-state index is 12.0. The molecule has 0 amide bonds. The normalized spacial score (nSPS) is 11.4. The van der Waals surface area contributed by atoms with Gasteiger partial charge >= 0.3 is 13.5 Å². The molecule has 17 heavy (non-hydrogen) atoms. The van der Waals surface area contributed by atoms with Crippen LogP contribution in [-0.2, 0) is 11.3 Å². The molecule has 0 aliphatic heterocycles. The fourth-order valence-corrected chi connectivity index (χ4v) is 1.30. The number of hydrogen-bond donors (Lipinski definition) is 2. The molecule has 0 aliphatic carbocycles. The quantitative estimate of drug-likeness (QED) is 0.760. The molecule has 0 spiro atoms. The highest BCUT2D eigenvalue weighted by Crippen LogP contribution is 2.22. The molecule has 0 aliphatic rings. The Bertz CT molecular complexity index is 381. The minimum atomic E-state index is -4.82. The average molecular weight is 250 g/mol. The van der Waals surface area contributed by atoms with Gasteiger partial charge in [-0.25, -0.2) is 0 Å². The number of halogens is 3. The van der Waals surface area contributed by atoms with E-state index in [1.807, 2.05) is 0 Å². The Balaban J connectivity index is 3.01. The number of methoxy groups -OCH3 is 1. The third kappa shape index (κ3) is 4.25. The molecule has 0 unspecified atom stereocenters. The first-order valence-electron chi connectivity index (χ1n) is 4.57. The van der Waals surface area contributed by atoms with Crippen LogP contribution in [0.5, 0.6) is 5.75 Å². The first-order valence-corrected chi connectivity index (χ1v) is 4.57. The number of benzene rings is 1. The predicted molar refractivity (Wildman–Crippen MR) is 53.7 cm³/mol. The first-order chi connectivity index (χ1) is 7.83. The van der Waals surface area contributed by atoms with E-state index in [9.17, 15) is 13.2 Å². The van der Waals surface area contributed by atoms with Gasteiger partial charge in [0.1, 0.15) is 5.75 Å². The SMILES string of the molecule is COCc1ccc(OC(F)(F)F)cc1B(O)O. The molecule has 1 aromatic carbocycles. The van der Waals surface area contributed by atoms with E-state index in [-0.39, 0.29) is 12.1 Å². The summed E-state index contributed by atoms with van der Waals surface area (Å²) in [5.74, 6) is -0.513. The van der Waals surface area contributed by atoms with Gasteiger partial charge in [0.2, 0.25) is 0 Å². The number of hydrogen-bond acceptors (Lipinski definition) is 4. The average Bonchev–Trinajstić information content (AvgIpc) is 2.18. The van der Waals surface area contributed by atoms with Crippen LogP contribution in [0.2, 0.25) is 0 Å². The van der Waals surface area contributed by atoms with Crippen molar-refractivity contribution in [2.24, 2.45) is 0 Å². The second-order valence-electron chi connectivity index (χ2n) is 3.22. The van der Waals surface area contributed by atoms with Crippen LogP contribution in [0, 0.1) is 0 Å². The molecule has 8 heteroatoms. The van der Waals surface area contributed by atoms with Crippen LogP contribution in [0.1, 0.15) is 5.56 Å². The van der Waals surface area contributed by atoms with Gasteiger partial charge in [-0.05, 0) is 23.2 Å². The van der Waals surface area contributed by atoms with Gasteiger partial charge in [-0.3, -0.25) is 0 Å². The van der Waals surface area contributed by atoms with Crippen molar-refractivity contribution in [2.45, 2.75) is 13.0 Å². The summed E-state index contributed by atoms with van der Waals surface area (Å²) in [4.78, 5) is 0. The van der Waals surface area contributed by atoms with Crippen molar-refractivity contribution in [3.05, 3.63) is 23.8 Å². The minimum absolute atomic E-state index is 0.0548.